The molecule has 0 fully saturated rings. The molecule has 1 amide bonds. The lowest BCUT2D eigenvalue weighted by molar-refractivity contribution is 0.0966. The molecule has 0 bridgehead atoms. The highest BCUT2D eigenvalue weighted by atomic mass is 16.5. The van der Waals surface area contributed by atoms with Crippen molar-refractivity contribution in [3.05, 3.63) is 41.0 Å². The largest absolute Gasteiger partial charge is 0.395 e. The Morgan fingerprint density at radius 1 is 1.38 bits per heavy atom. The van der Waals surface area contributed by atoms with E-state index < -0.39 is 0 Å². The summed E-state index contributed by atoms with van der Waals surface area (Å²) in [7, 11) is 1.60. The Hall–Kier alpha value is -2.84. The van der Waals surface area contributed by atoms with Gasteiger partial charge in [-0.1, -0.05) is 12.1 Å². The van der Waals surface area contributed by atoms with Crippen molar-refractivity contribution >= 4 is 28.9 Å². The van der Waals surface area contributed by atoms with Crippen molar-refractivity contribution in [1.29, 1.82) is 0 Å². The Morgan fingerprint density at radius 2 is 2.19 bits per heavy atom. The Balaban J connectivity index is 1.93. The maximum atomic E-state index is 12.3. The molecule has 1 aromatic carbocycles. The van der Waals surface area contributed by atoms with E-state index in [2.05, 4.69) is 20.9 Å². The minimum Gasteiger partial charge on any atom is -0.395 e. The lowest BCUT2D eigenvalue weighted by atomic mass is 10.1. The zero-order valence-corrected chi connectivity index (χ0v) is 14.9. The van der Waals surface area contributed by atoms with Crippen molar-refractivity contribution in [1.82, 2.24) is 10.3 Å². The van der Waals surface area contributed by atoms with Gasteiger partial charge in [-0.25, -0.2) is 4.98 Å². The van der Waals surface area contributed by atoms with Gasteiger partial charge in [-0.3, -0.25) is 4.79 Å². The van der Waals surface area contributed by atoms with Crippen LogP contribution in [0.4, 0.5) is 23.0 Å². The number of nitrogens with one attached hydrogen (secondary N) is 3. The Labute approximate surface area is 152 Å². The number of amides is 1. The SMILES string of the molecule is COC[C@H](N)CNc1nc(Nc2cccc(C)c2)c2c(c1N)CNC2=O. The number of aromatic nitrogens is 1. The third-order valence-electron chi connectivity index (χ3n) is 4.19. The van der Waals surface area contributed by atoms with Crippen LogP contribution in [0.1, 0.15) is 21.5 Å². The molecular formula is C18H24N6O2. The van der Waals surface area contributed by atoms with Crippen molar-refractivity contribution in [3.8, 4) is 0 Å². The summed E-state index contributed by atoms with van der Waals surface area (Å²) < 4.78 is 5.04. The second-order valence-electron chi connectivity index (χ2n) is 6.35. The molecule has 2 aromatic rings. The first-order valence-electron chi connectivity index (χ1n) is 8.42. The molecular weight excluding hydrogens is 332 g/mol. The van der Waals surface area contributed by atoms with Crippen LogP contribution in [0.25, 0.3) is 0 Å². The number of ether oxygens (including phenoxy) is 1. The summed E-state index contributed by atoms with van der Waals surface area (Å²) in [6.45, 7) is 3.26. The minimum atomic E-state index is -0.192. The predicted octanol–water partition coefficient (Wildman–Crippen LogP) is 1.34. The topological polar surface area (TPSA) is 127 Å². The van der Waals surface area contributed by atoms with Gasteiger partial charge in [0.2, 0.25) is 0 Å². The molecule has 0 saturated heterocycles. The number of hydrogen-bond acceptors (Lipinski definition) is 7. The molecule has 7 N–H and O–H groups in total. The van der Waals surface area contributed by atoms with Gasteiger partial charge < -0.3 is 32.2 Å². The molecule has 138 valence electrons. The van der Waals surface area contributed by atoms with Crippen LogP contribution in [-0.2, 0) is 11.3 Å². The van der Waals surface area contributed by atoms with E-state index in [1.807, 2.05) is 31.2 Å². The van der Waals surface area contributed by atoms with E-state index in [0.717, 1.165) is 16.8 Å². The monoisotopic (exact) mass is 356 g/mol. The van der Waals surface area contributed by atoms with Crippen molar-refractivity contribution in [2.75, 3.05) is 36.6 Å². The smallest absolute Gasteiger partial charge is 0.255 e. The number of nitrogens with zero attached hydrogens (tertiary/aromatic N) is 1. The highest BCUT2D eigenvalue weighted by molar-refractivity contribution is 6.05. The third-order valence-corrected chi connectivity index (χ3v) is 4.19. The van der Waals surface area contributed by atoms with E-state index in [9.17, 15) is 4.79 Å². The molecule has 0 spiro atoms. The van der Waals surface area contributed by atoms with Gasteiger partial charge in [0, 0.05) is 37.5 Å². The summed E-state index contributed by atoms with van der Waals surface area (Å²) in [5, 5.41) is 9.20. The van der Waals surface area contributed by atoms with E-state index in [4.69, 9.17) is 16.2 Å². The van der Waals surface area contributed by atoms with Crippen LogP contribution in [0.3, 0.4) is 0 Å². The highest BCUT2D eigenvalue weighted by Crippen LogP contribution is 2.34. The maximum absolute atomic E-state index is 12.3. The van der Waals surface area contributed by atoms with Gasteiger partial charge >= 0.3 is 0 Å². The van der Waals surface area contributed by atoms with Crippen LogP contribution < -0.4 is 27.4 Å². The molecule has 8 heteroatoms. The number of carbonyl (C=O) groups excluding carboxylic acids is 1. The van der Waals surface area contributed by atoms with Gasteiger partial charge in [0.1, 0.15) is 5.82 Å². The molecule has 26 heavy (non-hydrogen) atoms. The van der Waals surface area contributed by atoms with Crippen LogP contribution in [0.15, 0.2) is 24.3 Å². The van der Waals surface area contributed by atoms with E-state index >= 15 is 0 Å². The average Bonchev–Trinajstić information content (AvgIpc) is 2.99. The van der Waals surface area contributed by atoms with E-state index in [1.165, 1.54) is 0 Å². The highest BCUT2D eigenvalue weighted by Gasteiger charge is 2.28. The van der Waals surface area contributed by atoms with Crippen molar-refractivity contribution in [2.24, 2.45) is 5.73 Å². The van der Waals surface area contributed by atoms with Gasteiger partial charge in [0.05, 0.1) is 17.9 Å². The molecule has 0 saturated carbocycles. The second-order valence-corrected chi connectivity index (χ2v) is 6.35. The molecule has 1 atom stereocenters. The number of nitrogens with two attached hydrogens (primary N) is 2. The van der Waals surface area contributed by atoms with Crippen LogP contribution in [0, 0.1) is 6.92 Å². The molecule has 0 aliphatic carbocycles. The Morgan fingerprint density at radius 3 is 2.92 bits per heavy atom. The summed E-state index contributed by atoms with van der Waals surface area (Å²) in [5.41, 5.74) is 15.8. The number of rotatable bonds is 7. The summed E-state index contributed by atoms with van der Waals surface area (Å²) >= 11 is 0. The van der Waals surface area contributed by atoms with Crippen molar-refractivity contribution in [3.63, 3.8) is 0 Å². The molecule has 0 radical (unpaired) electrons. The van der Waals surface area contributed by atoms with Gasteiger partial charge in [-0.15, -0.1) is 0 Å². The van der Waals surface area contributed by atoms with Crippen LogP contribution in [-0.4, -0.2) is 37.2 Å². The van der Waals surface area contributed by atoms with Gasteiger partial charge in [-0.2, -0.15) is 0 Å². The number of anilines is 4. The van der Waals surface area contributed by atoms with Crippen LogP contribution in [0.5, 0.6) is 0 Å². The lowest BCUT2D eigenvalue weighted by Crippen LogP contribution is -2.33. The Bertz CT molecular complexity index is 824. The number of nitrogen functional groups attached to an aromatic ring is 1. The summed E-state index contributed by atoms with van der Waals surface area (Å²) in [6.07, 6.45) is 0. The van der Waals surface area contributed by atoms with Crippen LogP contribution in [0.2, 0.25) is 0 Å². The van der Waals surface area contributed by atoms with E-state index in [1.54, 1.807) is 7.11 Å². The molecule has 3 rings (SSSR count). The first-order chi connectivity index (χ1) is 12.5. The Kier molecular flexibility index (Phi) is 5.24. The normalized spacial score (nSPS) is 13.9. The standard InChI is InChI=1S/C18H24N6O2/c1-10-4-3-5-12(6-10)23-16-14-13(8-22-18(14)25)15(20)17(24-16)21-7-11(19)9-26-2/h3-6,11H,7-9,19-20H2,1-2H3,(H,22,25)(H2,21,23,24)/t11-/m1/s1. The fourth-order valence-corrected chi connectivity index (χ4v) is 2.92. The first-order valence-corrected chi connectivity index (χ1v) is 8.42. The van der Waals surface area contributed by atoms with Gasteiger partial charge in [-0.05, 0) is 24.6 Å². The predicted molar refractivity (Wildman–Crippen MR) is 103 cm³/mol. The quantitative estimate of drug-likeness (QED) is 0.506. The van der Waals surface area contributed by atoms with Crippen LogP contribution >= 0.6 is 0 Å². The molecule has 1 aliphatic rings. The zero-order valence-electron chi connectivity index (χ0n) is 14.9. The number of aryl methyl sites for hydroxylation is 1. The number of fused-ring (bicyclic) bond motifs is 1. The van der Waals surface area contributed by atoms with Gasteiger partial charge in [0.25, 0.3) is 5.91 Å². The molecule has 1 aromatic heterocycles. The van der Waals surface area contributed by atoms with Gasteiger partial charge in [0.15, 0.2) is 5.82 Å². The molecule has 0 unspecified atom stereocenters. The zero-order chi connectivity index (χ0) is 18.7. The third kappa shape index (κ3) is 3.71. The van der Waals surface area contributed by atoms with E-state index in [-0.39, 0.29) is 11.9 Å². The average molecular weight is 356 g/mol. The fourth-order valence-electron chi connectivity index (χ4n) is 2.92. The fraction of sp³-hybridized carbons (Fsp3) is 0.333. The number of hydrogen-bond donors (Lipinski definition) is 5. The second kappa shape index (κ2) is 7.59. The minimum absolute atomic E-state index is 0.183. The van der Waals surface area contributed by atoms with Crippen molar-refractivity contribution in [2.45, 2.75) is 19.5 Å². The molecule has 1 aliphatic heterocycles. The maximum Gasteiger partial charge on any atom is 0.255 e. The summed E-state index contributed by atoms with van der Waals surface area (Å²) in [6, 6.07) is 7.66. The number of benzene rings is 1. The summed E-state index contributed by atoms with van der Waals surface area (Å²) in [4.78, 5) is 16.8. The number of carbonyl (C=O) groups is 1. The van der Waals surface area contributed by atoms with Crippen molar-refractivity contribution < 1.29 is 9.53 Å². The first kappa shape index (κ1) is 18.0. The van der Waals surface area contributed by atoms with E-state index in [0.29, 0.717) is 42.6 Å². The molecule has 2 heterocycles. The molecule has 8 nitrogen and oxygen atoms in total. The summed E-state index contributed by atoms with van der Waals surface area (Å²) in [5.74, 6) is 0.788. The lowest BCUT2D eigenvalue weighted by Gasteiger charge is -2.17. The number of methoxy groups -OCH3 is 1. The number of pyridine rings is 1.